The van der Waals surface area contributed by atoms with Gasteiger partial charge in [-0.25, -0.2) is 0 Å². The predicted molar refractivity (Wildman–Crippen MR) is 59.5 cm³/mol. The standard InChI is InChI=1S/C10H18BrNO2/c1-10(2,3)14-9(13)8-4-7(5-11)6-12-8/h7-8,12H,4-6H2,1-3H3. The number of nitrogens with one attached hydrogen (secondary N) is 1. The lowest BCUT2D eigenvalue weighted by Gasteiger charge is -2.22. The molecule has 1 N–H and O–H groups in total. The summed E-state index contributed by atoms with van der Waals surface area (Å²) in [6.07, 6.45) is 0.875. The van der Waals surface area contributed by atoms with Crippen molar-refractivity contribution in [1.82, 2.24) is 5.32 Å². The number of carbonyl (C=O) groups excluding carboxylic acids is 1. The first kappa shape index (κ1) is 12.0. The van der Waals surface area contributed by atoms with Crippen LogP contribution in [0.4, 0.5) is 0 Å². The lowest BCUT2D eigenvalue weighted by molar-refractivity contribution is -0.157. The predicted octanol–water partition coefficient (Wildman–Crippen LogP) is 1.70. The molecule has 0 spiro atoms. The average Bonchev–Trinajstić information content (AvgIpc) is 2.48. The summed E-state index contributed by atoms with van der Waals surface area (Å²) < 4.78 is 5.30. The highest BCUT2D eigenvalue weighted by atomic mass is 79.9. The second-order valence-corrected chi connectivity index (χ2v) is 5.40. The van der Waals surface area contributed by atoms with Gasteiger partial charge in [-0.15, -0.1) is 0 Å². The number of rotatable bonds is 2. The molecule has 14 heavy (non-hydrogen) atoms. The third-order valence-electron chi connectivity index (χ3n) is 2.13. The van der Waals surface area contributed by atoms with Gasteiger partial charge in [0.1, 0.15) is 11.6 Å². The van der Waals surface area contributed by atoms with Crippen LogP contribution in [0.5, 0.6) is 0 Å². The van der Waals surface area contributed by atoms with Crippen molar-refractivity contribution in [2.24, 2.45) is 5.92 Å². The highest BCUT2D eigenvalue weighted by Crippen LogP contribution is 2.19. The summed E-state index contributed by atoms with van der Waals surface area (Å²) in [7, 11) is 0. The fraction of sp³-hybridized carbons (Fsp3) is 0.900. The second-order valence-electron chi connectivity index (χ2n) is 4.75. The first-order valence-electron chi connectivity index (χ1n) is 4.94. The summed E-state index contributed by atoms with van der Waals surface area (Å²) in [6.45, 7) is 6.57. The normalized spacial score (nSPS) is 27.7. The Morgan fingerprint density at radius 1 is 1.57 bits per heavy atom. The molecule has 0 bridgehead atoms. The molecule has 0 amide bonds. The molecule has 3 nitrogen and oxygen atoms in total. The summed E-state index contributed by atoms with van der Waals surface area (Å²) in [5, 5.41) is 4.12. The summed E-state index contributed by atoms with van der Waals surface area (Å²) in [5.41, 5.74) is -0.384. The van der Waals surface area contributed by atoms with E-state index in [9.17, 15) is 4.79 Å². The summed E-state index contributed by atoms with van der Waals surface area (Å²) >= 11 is 3.42. The average molecular weight is 264 g/mol. The Balaban J connectivity index is 2.40. The van der Waals surface area contributed by atoms with Crippen LogP contribution in [0.1, 0.15) is 27.2 Å². The summed E-state index contributed by atoms with van der Waals surface area (Å²) in [6, 6.07) is -0.114. The maximum Gasteiger partial charge on any atom is 0.323 e. The van der Waals surface area contributed by atoms with E-state index in [1.54, 1.807) is 0 Å². The monoisotopic (exact) mass is 263 g/mol. The van der Waals surface area contributed by atoms with Gasteiger partial charge in [0.05, 0.1) is 0 Å². The molecule has 0 saturated carbocycles. The van der Waals surface area contributed by atoms with Gasteiger partial charge in [-0.2, -0.15) is 0 Å². The van der Waals surface area contributed by atoms with Crippen LogP contribution in [0.2, 0.25) is 0 Å². The minimum absolute atomic E-state index is 0.114. The van der Waals surface area contributed by atoms with Crippen molar-refractivity contribution in [2.75, 3.05) is 11.9 Å². The molecule has 0 aromatic carbocycles. The number of alkyl halides is 1. The lowest BCUT2D eigenvalue weighted by atomic mass is 10.1. The first-order chi connectivity index (χ1) is 6.42. The van der Waals surface area contributed by atoms with E-state index in [0.29, 0.717) is 5.92 Å². The van der Waals surface area contributed by atoms with Crippen LogP contribution < -0.4 is 5.32 Å². The number of esters is 1. The molecular formula is C10H18BrNO2. The highest BCUT2D eigenvalue weighted by molar-refractivity contribution is 9.09. The molecule has 2 atom stereocenters. The molecule has 1 rings (SSSR count). The highest BCUT2D eigenvalue weighted by Gasteiger charge is 2.31. The van der Waals surface area contributed by atoms with Crippen molar-refractivity contribution in [3.05, 3.63) is 0 Å². The molecule has 0 aliphatic carbocycles. The third-order valence-corrected chi connectivity index (χ3v) is 3.05. The molecule has 1 aliphatic rings. The van der Waals surface area contributed by atoms with Gasteiger partial charge in [-0.3, -0.25) is 4.79 Å². The molecule has 82 valence electrons. The minimum Gasteiger partial charge on any atom is -0.459 e. The molecule has 1 saturated heterocycles. The molecule has 4 heteroatoms. The topological polar surface area (TPSA) is 38.3 Å². The Kier molecular flexibility index (Phi) is 3.95. The van der Waals surface area contributed by atoms with Crippen LogP contribution in [0.3, 0.4) is 0 Å². The number of carbonyl (C=O) groups is 1. The van der Waals surface area contributed by atoms with Gasteiger partial charge in [-0.05, 0) is 39.7 Å². The maximum atomic E-state index is 11.6. The van der Waals surface area contributed by atoms with Crippen molar-refractivity contribution in [3.63, 3.8) is 0 Å². The molecule has 0 radical (unpaired) electrons. The second kappa shape index (κ2) is 4.62. The summed E-state index contributed by atoms with van der Waals surface area (Å²) in [5.74, 6) is 0.425. The molecule has 2 unspecified atom stereocenters. The van der Waals surface area contributed by atoms with Crippen molar-refractivity contribution < 1.29 is 9.53 Å². The number of ether oxygens (including phenoxy) is 1. The van der Waals surface area contributed by atoms with Crippen LogP contribution in [0.25, 0.3) is 0 Å². The van der Waals surface area contributed by atoms with Crippen LogP contribution in [-0.4, -0.2) is 29.5 Å². The van der Waals surface area contributed by atoms with E-state index in [1.807, 2.05) is 20.8 Å². The molecule has 1 aliphatic heterocycles. The fourth-order valence-electron chi connectivity index (χ4n) is 1.48. The number of halogens is 1. The molecule has 0 aromatic heterocycles. The number of hydrogen-bond donors (Lipinski definition) is 1. The van der Waals surface area contributed by atoms with Crippen LogP contribution >= 0.6 is 15.9 Å². The zero-order valence-corrected chi connectivity index (χ0v) is 10.6. The molecular weight excluding hydrogens is 246 g/mol. The Morgan fingerprint density at radius 3 is 2.64 bits per heavy atom. The van der Waals surface area contributed by atoms with Crippen LogP contribution in [0, 0.1) is 5.92 Å². The molecule has 0 aromatic rings. The Hall–Kier alpha value is -0.0900. The van der Waals surface area contributed by atoms with Crippen molar-refractivity contribution in [3.8, 4) is 0 Å². The van der Waals surface area contributed by atoms with Gasteiger partial charge >= 0.3 is 5.97 Å². The third kappa shape index (κ3) is 3.58. The Bertz CT molecular complexity index is 213. The Morgan fingerprint density at radius 2 is 2.21 bits per heavy atom. The Labute approximate surface area is 93.7 Å². The number of hydrogen-bond acceptors (Lipinski definition) is 3. The summed E-state index contributed by atoms with van der Waals surface area (Å²) in [4.78, 5) is 11.6. The van der Waals surface area contributed by atoms with Gasteiger partial charge in [0.25, 0.3) is 0 Å². The van der Waals surface area contributed by atoms with Crippen molar-refractivity contribution >= 4 is 21.9 Å². The van der Waals surface area contributed by atoms with Crippen molar-refractivity contribution in [1.29, 1.82) is 0 Å². The van der Waals surface area contributed by atoms with Gasteiger partial charge in [0, 0.05) is 5.33 Å². The van der Waals surface area contributed by atoms with E-state index in [0.717, 1.165) is 18.3 Å². The van der Waals surface area contributed by atoms with Crippen molar-refractivity contribution in [2.45, 2.75) is 38.8 Å². The zero-order valence-electron chi connectivity index (χ0n) is 8.97. The van der Waals surface area contributed by atoms with E-state index in [4.69, 9.17) is 4.74 Å². The largest absolute Gasteiger partial charge is 0.459 e. The fourth-order valence-corrected chi connectivity index (χ4v) is 1.97. The van der Waals surface area contributed by atoms with Crippen LogP contribution in [-0.2, 0) is 9.53 Å². The maximum absolute atomic E-state index is 11.6. The first-order valence-corrected chi connectivity index (χ1v) is 6.06. The SMILES string of the molecule is CC(C)(C)OC(=O)C1CC(CBr)CN1. The smallest absolute Gasteiger partial charge is 0.323 e. The van der Waals surface area contributed by atoms with E-state index in [1.165, 1.54) is 0 Å². The minimum atomic E-state index is -0.384. The quantitative estimate of drug-likeness (QED) is 0.609. The van der Waals surface area contributed by atoms with Gasteiger partial charge in [0.2, 0.25) is 0 Å². The van der Waals surface area contributed by atoms with Gasteiger partial charge < -0.3 is 10.1 Å². The van der Waals surface area contributed by atoms with Gasteiger partial charge in [0.15, 0.2) is 0 Å². The van der Waals surface area contributed by atoms with Crippen LogP contribution in [0.15, 0.2) is 0 Å². The lowest BCUT2D eigenvalue weighted by Crippen LogP contribution is -2.37. The van der Waals surface area contributed by atoms with E-state index in [-0.39, 0.29) is 17.6 Å². The van der Waals surface area contributed by atoms with E-state index >= 15 is 0 Å². The van der Waals surface area contributed by atoms with E-state index in [2.05, 4.69) is 21.2 Å². The zero-order chi connectivity index (χ0) is 10.8. The van der Waals surface area contributed by atoms with E-state index < -0.39 is 0 Å². The molecule has 1 fully saturated rings. The molecule has 1 heterocycles. The van der Waals surface area contributed by atoms with Gasteiger partial charge in [-0.1, -0.05) is 15.9 Å².